The predicted octanol–water partition coefficient (Wildman–Crippen LogP) is 5.03. The zero-order valence-electron chi connectivity index (χ0n) is 18.1. The van der Waals surface area contributed by atoms with Crippen molar-refractivity contribution in [3.63, 3.8) is 0 Å². The Labute approximate surface area is 175 Å². The van der Waals surface area contributed by atoms with Crippen molar-refractivity contribution in [2.24, 2.45) is 0 Å². The van der Waals surface area contributed by atoms with Crippen molar-refractivity contribution in [1.29, 1.82) is 0 Å². The lowest BCUT2D eigenvalue weighted by Crippen LogP contribution is -2.49. The fourth-order valence-corrected chi connectivity index (χ4v) is 4.61. The highest BCUT2D eigenvalue weighted by Crippen LogP contribution is 2.28. The number of fused-ring (bicyclic) bond motifs is 1. The standard InChI is InChI=1S/C25H34N4/c1-4-9-20(3)29-16-14-27(15-17-29)18-22-19-28(5-2)25(26-22)24-13-8-11-21-10-6-7-12-23(21)24/h6-8,10-13,19-20H,4-5,9,14-18H2,1-3H3. The van der Waals surface area contributed by atoms with E-state index in [1.165, 1.54) is 48.0 Å². The van der Waals surface area contributed by atoms with Crippen molar-refractivity contribution in [2.45, 2.75) is 52.7 Å². The Morgan fingerprint density at radius 3 is 2.48 bits per heavy atom. The van der Waals surface area contributed by atoms with Gasteiger partial charge in [0.25, 0.3) is 0 Å². The van der Waals surface area contributed by atoms with E-state index in [1.54, 1.807) is 0 Å². The molecule has 1 aliphatic heterocycles. The van der Waals surface area contributed by atoms with Crippen LogP contribution in [0.15, 0.2) is 48.7 Å². The van der Waals surface area contributed by atoms with Gasteiger partial charge in [0, 0.05) is 57.1 Å². The van der Waals surface area contributed by atoms with Crippen LogP contribution in [-0.2, 0) is 13.1 Å². The van der Waals surface area contributed by atoms with Gasteiger partial charge >= 0.3 is 0 Å². The summed E-state index contributed by atoms with van der Waals surface area (Å²) in [4.78, 5) is 10.3. The summed E-state index contributed by atoms with van der Waals surface area (Å²) in [5.41, 5.74) is 2.42. The zero-order chi connectivity index (χ0) is 20.2. The van der Waals surface area contributed by atoms with Crippen molar-refractivity contribution in [3.05, 3.63) is 54.4 Å². The first kappa shape index (κ1) is 20.1. The minimum Gasteiger partial charge on any atom is -0.331 e. The molecule has 4 nitrogen and oxygen atoms in total. The van der Waals surface area contributed by atoms with Gasteiger partial charge in [0.15, 0.2) is 0 Å². The van der Waals surface area contributed by atoms with E-state index < -0.39 is 0 Å². The summed E-state index contributed by atoms with van der Waals surface area (Å²) < 4.78 is 2.30. The van der Waals surface area contributed by atoms with Gasteiger partial charge in [-0.15, -0.1) is 0 Å². The maximum Gasteiger partial charge on any atom is 0.140 e. The molecule has 1 saturated heterocycles. The average Bonchev–Trinajstić information content (AvgIpc) is 3.16. The Morgan fingerprint density at radius 2 is 1.72 bits per heavy atom. The molecule has 1 aliphatic rings. The van der Waals surface area contributed by atoms with E-state index in [0.717, 1.165) is 32.0 Å². The Kier molecular flexibility index (Phi) is 6.31. The molecule has 0 saturated carbocycles. The highest BCUT2D eigenvalue weighted by atomic mass is 15.3. The van der Waals surface area contributed by atoms with E-state index in [1.807, 2.05) is 0 Å². The van der Waals surface area contributed by atoms with Crippen LogP contribution in [0.2, 0.25) is 0 Å². The molecule has 1 atom stereocenters. The monoisotopic (exact) mass is 390 g/mol. The SMILES string of the molecule is CCCC(C)N1CCN(Cc2cn(CC)c(-c3cccc4ccccc34)n2)CC1. The Bertz CT molecular complexity index is 932. The first-order valence-electron chi connectivity index (χ1n) is 11.2. The second kappa shape index (κ2) is 9.10. The number of aromatic nitrogens is 2. The van der Waals surface area contributed by atoms with Gasteiger partial charge in [0.05, 0.1) is 5.69 Å². The lowest BCUT2D eigenvalue weighted by molar-refractivity contribution is 0.0936. The smallest absolute Gasteiger partial charge is 0.140 e. The highest BCUT2D eigenvalue weighted by Gasteiger charge is 2.22. The van der Waals surface area contributed by atoms with Gasteiger partial charge in [0.2, 0.25) is 0 Å². The third-order valence-corrected chi connectivity index (χ3v) is 6.32. The summed E-state index contributed by atoms with van der Waals surface area (Å²) in [5, 5.41) is 2.55. The largest absolute Gasteiger partial charge is 0.331 e. The van der Waals surface area contributed by atoms with Gasteiger partial charge in [-0.2, -0.15) is 0 Å². The maximum atomic E-state index is 5.09. The number of nitrogens with zero attached hydrogens (tertiary/aromatic N) is 4. The van der Waals surface area contributed by atoms with Crippen molar-refractivity contribution in [2.75, 3.05) is 26.2 Å². The lowest BCUT2D eigenvalue weighted by atomic mass is 10.0. The molecular weight excluding hydrogens is 356 g/mol. The zero-order valence-corrected chi connectivity index (χ0v) is 18.1. The second-order valence-corrected chi connectivity index (χ2v) is 8.32. The highest BCUT2D eigenvalue weighted by molar-refractivity contribution is 5.95. The van der Waals surface area contributed by atoms with Crippen LogP contribution in [0.25, 0.3) is 22.2 Å². The van der Waals surface area contributed by atoms with Crippen LogP contribution in [0.4, 0.5) is 0 Å². The molecule has 2 aromatic carbocycles. The summed E-state index contributed by atoms with van der Waals surface area (Å²) >= 11 is 0. The number of piperazine rings is 1. The number of hydrogen-bond acceptors (Lipinski definition) is 3. The third kappa shape index (κ3) is 4.39. The molecule has 1 fully saturated rings. The number of imidazole rings is 1. The molecule has 3 aromatic rings. The molecule has 0 amide bonds. The van der Waals surface area contributed by atoms with Crippen LogP contribution in [0.5, 0.6) is 0 Å². The fraction of sp³-hybridized carbons (Fsp3) is 0.480. The summed E-state index contributed by atoms with van der Waals surface area (Å²) in [6, 6.07) is 15.8. The normalized spacial score (nSPS) is 17.1. The minimum absolute atomic E-state index is 0.708. The Hall–Kier alpha value is -2.17. The minimum atomic E-state index is 0.708. The molecule has 4 rings (SSSR count). The van der Waals surface area contributed by atoms with Gasteiger partial charge in [-0.1, -0.05) is 55.8 Å². The molecule has 1 aromatic heterocycles. The van der Waals surface area contributed by atoms with Crippen LogP contribution in [0.1, 0.15) is 39.3 Å². The van der Waals surface area contributed by atoms with E-state index in [-0.39, 0.29) is 0 Å². The molecule has 1 unspecified atom stereocenters. The summed E-state index contributed by atoms with van der Waals surface area (Å²) in [5.74, 6) is 1.09. The Balaban J connectivity index is 1.50. The number of benzene rings is 2. The predicted molar refractivity (Wildman–Crippen MR) is 122 cm³/mol. The van der Waals surface area contributed by atoms with E-state index in [2.05, 4.69) is 83.8 Å². The Morgan fingerprint density at radius 1 is 0.966 bits per heavy atom. The number of aryl methyl sites for hydroxylation is 1. The average molecular weight is 391 g/mol. The quantitative estimate of drug-likeness (QED) is 0.565. The molecule has 0 bridgehead atoms. The molecular formula is C25H34N4. The second-order valence-electron chi connectivity index (χ2n) is 8.32. The molecule has 0 aliphatic carbocycles. The van der Waals surface area contributed by atoms with Crippen LogP contribution in [0.3, 0.4) is 0 Å². The molecule has 29 heavy (non-hydrogen) atoms. The number of hydrogen-bond donors (Lipinski definition) is 0. The first-order chi connectivity index (χ1) is 14.2. The van der Waals surface area contributed by atoms with Crippen LogP contribution >= 0.6 is 0 Å². The molecule has 0 radical (unpaired) electrons. The van der Waals surface area contributed by atoms with Gasteiger partial charge in [0.1, 0.15) is 5.82 Å². The third-order valence-electron chi connectivity index (χ3n) is 6.32. The van der Waals surface area contributed by atoms with E-state index in [9.17, 15) is 0 Å². The van der Waals surface area contributed by atoms with E-state index >= 15 is 0 Å². The van der Waals surface area contributed by atoms with Gasteiger partial charge < -0.3 is 4.57 Å². The van der Waals surface area contributed by atoms with Crippen LogP contribution in [0, 0.1) is 0 Å². The van der Waals surface area contributed by atoms with Crippen molar-refractivity contribution >= 4 is 10.8 Å². The van der Waals surface area contributed by atoms with Crippen molar-refractivity contribution < 1.29 is 0 Å². The van der Waals surface area contributed by atoms with Crippen LogP contribution in [-0.4, -0.2) is 51.6 Å². The van der Waals surface area contributed by atoms with Gasteiger partial charge in [-0.05, 0) is 31.0 Å². The van der Waals surface area contributed by atoms with E-state index in [4.69, 9.17) is 4.98 Å². The van der Waals surface area contributed by atoms with Crippen LogP contribution < -0.4 is 0 Å². The molecule has 4 heteroatoms. The molecule has 0 N–H and O–H groups in total. The van der Waals surface area contributed by atoms with E-state index in [0.29, 0.717) is 6.04 Å². The number of rotatable bonds is 7. The van der Waals surface area contributed by atoms with Crippen molar-refractivity contribution in [1.82, 2.24) is 19.4 Å². The van der Waals surface area contributed by atoms with Gasteiger partial charge in [-0.25, -0.2) is 4.98 Å². The lowest BCUT2D eigenvalue weighted by Gasteiger charge is -2.37. The summed E-state index contributed by atoms with van der Waals surface area (Å²) in [6.07, 6.45) is 4.82. The summed E-state index contributed by atoms with van der Waals surface area (Å²) in [7, 11) is 0. The van der Waals surface area contributed by atoms with Crippen molar-refractivity contribution in [3.8, 4) is 11.4 Å². The topological polar surface area (TPSA) is 24.3 Å². The fourth-order valence-electron chi connectivity index (χ4n) is 4.61. The molecule has 154 valence electrons. The molecule has 2 heterocycles. The summed E-state index contributed by atoms with van der Waals surface area (Å²) in [6.45, 7) is 13.4. The maximum absolute atomic E-state index is 5.09. The van der Waals surface area contributed by atoms with Gasteiger partial charge in [-0.3, -0.25) is 9.80 Å². The first-order valence-corrected chi connectivity index (χ1v) is 11.2. The molecule has 0 spiro atoms.